The highest BCUT2D eigenvalue weighted by Crippen LogP contribution is 2.32. The van der Waals surface area contributed by atoms with Gasteiger partial charge in [0, 0.05) is 11.1 Å². The van der Waals surface area contributed by atoms with Gasteiger partial charge in [-0.15, -0.1) is 0 Å². The average Bonchev–Trinajstić information content (AvgIpc) is 2.67. The fraction of sp³-hybridized carbons (Fsp3) is 0.250. The lowest BCUT2D eigenvalue weighted by molar-refractivity contribution is 0.499. The summed E-state index contributed by atoms with van der Waals surface area (Å²) in [6.45, 7) is 4.03. The first-order chi connectivity index (χ1) is 13.0. The van der Waals surface area contributed by atoms with E-state index in [9.17, 15) is 13.2 Å². The minimum absolute atomic E-state index is 0.0466. The van der Waals surface area contributed by atoms with Crippen molar-refractivity contribution in [3.63, 3.8) is 0 Å². The minimum Gasteiger partial charge on any atom is -0.206 e. The molecule has 0 aliphatic carbocycles. The summed E-state index contributed by atoms with van der Waals surface area (Å²) in [5.74, 6) is -2.44. The molecule has 3 aromatic rings. The van der Waals surface area contributed by atoms with Gasteiger partial charge in [-0.3, -0.25) is 0 Å². The van der Waals surface area contributed by atoms with Crippen LogP contribution in [0.4, 0.5) is 13.2 Å². The lowest BCUT2D eigenvalue weighted by atomic mass is 9.96. The van der Waals surface area contributed by atoms with Gasteiger partial charge in [-0.2, -0.15) is 0 Å². The molecule has 0 aromatic heterocycles. The smallest absolute Gasteiger partial charge is 0.167 e. The van der Waals surface area contributed by atoms with Crippen LogP contribution in [0.15, 0.2) is 54.6 Å². The Hall–Kier alpha value is -2.55. The van der Waals surface area contributed by atoms with Gasteiger partial charge >= 0.3 is 0 Å². The number of halogens is 3. The van der Waals surface area contributed by atoms with Crippen LogP contribution in [0.25, 0.3) is 22.3 Å². The van der Waals surface area contributed by atoms with Crippen molar-refractivity contribution < 1.29 is 13.2 Å². The standard InChI is InChI=1S/C24H23F3/c1-3-5-16-7-9-17(10-8-16)19-12-13-20(22(25)15-19)21-14-11-18(6-4-2)23(26)24(21)27/h7-15H,3-6H2,1-2H3. The SMILES string of the molecule is CCCc1ccc(-c2ccc(-c3ccc(CCC)c(F)c3F)c(F)c2)cc1. The van der Waals surface area contributed by atoms with E-state index in [0.717, 1.165) is 24.8 Å². The summed E-state index contributed by atoms with van der Waals surface area (Å²) in [6.07, 6.45) is 3.25. The number of aryl methyl sites for hydroxylation is 2. The van der Waals surface area contributed by atoms with Crippen LogP contribution in [-0.4, -0.2) is 0 Å². The van der Waals surface area contributed by atoms with E-state index in [1.54, 1.807) is 6.07 Å². The highest BCUT2D eigenvalue weighted by atomic mass is 19.2. The van der Waals surface area contributed by atoms with Crippen molar-refractivity contribution in [2.24, 2.45) is 0 Å². The summed E-state index contributed by atoms with van der Waals surface area (Å²) < 4.78 is 43.4. The molecule has 0 unspecified atom stereocenters. The molecule has 0 atom stereocenters. The normalized spacial score (nSPS) is 11.0. The Morgan fingerprint density at radius 1 is 0.630 bits per heavy atom. The Morgan fingerprint density at radius 3 is 1.89 bits per heavy atom. The molecule has 3 rings (SSSR count). The summed E-state index contributed by atoms with van der Waals surface area (Å²) in [5, 5.41) is 0. The maximum Gasteiger partial charge on any atom is 0.167 e. The van der Waals surface area contributed by atoms with Crippen LogP contribution in [0.1, 0.15) is 37.8 Å². The molecule has 0 heterocycles. The second-order valence-electron chi connectivity index (χ2n) is 6.79. The highest BCUT2D eigenvalue weighted by Gasteiger charge is 2.17. The molecule has 0 amide bonds. The third-order valence-electron chi connectivity index (χ3n) is 4.77. The molecule has 0 spiro atoms. The van der Waals surface area contributed by atoms with Crippen LogP contribution in [-0.2, 0) is 12.8 Å². The fourth-order valence-electron chi connectivity index (χ4n) is 3.33. The first-order valence-electron chi connectivity index (χ1n) is 9.41. The predicted octanol–water partition coefficient (Wildman–Crippen LogP) is 7.34. The Labute approximate surface area is 158 Å². The Bertz CT molecular complexity index is 927. The van der Waals surface area contributed by atoms with Crippen molar-refractivity contribution in [1.82, 2.24) is 0 Å². The third-order valence-corrected chi connectivity index (χ3v) is 4.77. The van der Waals surface area contributed by atoms with Crippen LogP contribution < -0.4 is 0 Å². The van der Waals surface area contributed by atoms with Crippen LogP contribution >= 0.6 is 0 Å². The zero-order valence-corrected chi connectivity index (χ0v) is 15.7. The quantitative estimate of drug-likeness (QED) is 0.427. The van der Waals surface area contributed by atoms with Gasteiger partial charge in [0.2, 0.25) is 0 Å². The van der Waals surface area contributed by atoms with Crippen molar-refractivity contribution in [2.45, 2.75) is 39.5 Å². The molecule has 140 valence electrons. The summed E-state index contributed by atoms with van der Waals surface area (Å²) in [6, 6.07) is 15.6. The van der Waals surface area contributed by atoms with Gasteiger partial charge in [0.05, 0.1) is 0 Å². The number of hydrogen-bond acceptors (Lipinski definition) is 0. The predicted molar refractivity (Wildman–Crippen MR) is 105 cm³/mol. The summed E-state index contributed by atoms with van der Waals surface area (Å²) in [7, 11) is 0. The maximum absolute atomic E-state index is 14.7. The van der Waals surface area contributed by atoms with Gasteiger partial charge in [0.1, 0.15) is 5.82 Å². The van der Waals surface area contributed by atoms with E-state index in [4.69, 9.17) is 0 Å². The van der Waals surface area contributed by atoms with Gasteiger partial charge in [-0.25, -0.2) is 13.2 Å². The van der Waals surface area contributed by atoms with E-state index in [-0.39, 0.29) is 11.1 Å². The van der Waals surface area contributed by atoms with Crippen LogP contribution in [0.5, 0.6) is 0 Å². The van der Waals surface area contributed by atoms with Crippen LogP contribution in [0.3, 0.4) is 0 Å². The summed E-state index contributed by atoms with van der Waals surface area (Å²) >= 11 is 0. The summed E-state index contributed by atoms with van der Waals surface area (Å²) in [5.41, 5.74) is 3.19. The van der Waals surface area contributed by atoms with Gasteiger partial charge in [0.15, 0.2) is 11.6 Å². The van der Waals surface area contributed by atoms with E-state index in [2.05, 4.69) is 6.92 Å². The monoisotopic (exact) mass is 368 g/mol. The summed E-state index contributed by atoms with van der Waals surface area (Å²) in [4.78, 5) is 0. The van der Waals surface area contributed by atoms with E-state index < -0.39 is 17.5 Å². The van der Waals surface area contributed by atoms with Gasteiger partial charge in [0.25, 0.3) is 0 Å². The lowest BCUT2D eigenvalue weighted by Gasteiger charge is -2.11. The Morgan fingerprint density at radius 2 is 1.26 bits per heavy atom. The first-order valence-corrected chi connectivity index (χ1v) is 9.41. The molecule has 0 bridgehead atoms. The molecule has 3 heteroatoms. The second kappa shape index (κ2) is 8.43. The zero-order valence-electron chi connectivity index (χ0n) is 15.7. The van der Waals surface area contributed by atoms with E-state index >= 15 is 0 Å². The molecule has 0 saturated carbocycles. The number of hydrogen-bond donors (Lipinski definition) is 0. The van der Waals surface area contributed by atoms with E-state index in [1.807, 2.05) is 31.2 Å². The van der Waals surface area contributed by atoms with Crippen molar-refractivity contribution in [2.75, 3.05) is 0 Å². The molecule has 3 aromatic carbocycles. The number of rotatable bonds is 6. The Balaban J connectivity index is 1.94. The Kier molecular flexibility index (Phi) is 6.00. The van der Waals surface area contributed by atoms with E-state index in [0.29, 0.717) is 17.5 Å². The van der Waals surface area contributed by atoms with Crippen molar-refractivity contribution in [3.8, 4) is 22.3 Å². The number of benzene rings is 3. The molecule has 0 nitrogen and oxygen atoms in total. The molecule has 0 saturated heterocycles. The third kappa shape index (κ3) is 4.08. The van der Waals surface area contributed by atoms with E-state index in [1.165, 1.54) is 29.8 Å². The molecular weight excluding hydrogens is 345 g/mol. The topological polar surface area (TPSA) is 0 Å². The molecule has 0 N–H and O–H groups in total. The average molecular weight is 368 g/mol. The minimum atomic E-state index is -0.989. The largest absolute Gasteiger partial charge is 0.206 e. The van der Waals surface area contributed by atoms with Crippen molar-refractivity contribution in [1.29, 1.82) is 0 Å². The van der Waals surface area contributed by atoms with Gasteiger partial charge in [-0.05, 0) is 41.2 Å². The van der Waals surface area contributed by atoms with Gasteiger partial charge < -0.3 is 0 Å². The first kappa shape index (κ1) is 19.2. The molecule has 0 radical (unpaired) electrons. The van der Waals surface area contributed by atoms with Crippen molar-refractivity contribution in [3.05, 3.63) is 83.2 Å². The van der Waals surface area contributed by atoms with Crippen LogP contribution in [0, 0.1) is 17.5 Å². The zero-order chi connectivity index (χ0) is 19.4. The fourth-order valence-corrected chi connectivity index (χ4v) is 3.33. The molecular formula is C24H23F3. The molecule has 27 heavy (non-hydrogen) atoms. The van der Waals surface area contributed by atoms with Gasteiger partial charge in [-0.1, -0.05) is 75.2 Å². The highest BCUT2D eigenvalue weighted by molar-refractivity contribution is 5.71. The van der Waals surface area contributed by atoms with Crippen LogP contribution in [0.2, 0.25) is 0 Å². The lowest BCUT2D eigenvalue weighted by Crippen LogP contribution is -1.98. The molecule has 0 aliphatic rings. The molecule has 0 fully saturated rings. The maximum atomic E-state index is 14.7. The van der Waals surface area contributed by atoms with Crippen molar-refractivity contribution >= 4 is 0 Å². The second-order valence-corrected chi connectivity index (χ2v) is 6.79. The molecule has 0 aliphatic heterocycles.